The number of nitrogens with zero attached hydrogens (tertiary/aromatic N) is 2. The van der Waals surface area contributed by atoms with Crippen LogP contribution in [0.2, 0.25) is 0 Å². The summed E-state index contributed by atoms with van der Waals surface area (Å²) < 4.78 is 2.33. The van der Waals surface area contributed by atoms with Crippen LogP contribution in [0.4, 0.5) is 0 Å². The van der Waals surface area contributed by atoms with Crippen molar-refractivity contribution in [3.05, 3.63) is 65.5 Å². The lowest BCUT2D eigenvalue weighted by molar-refractivity contribution is 0.703. The second-order valence-electron chi connectivity index (χ2n) is 5.67. The first-order valence-electron chi connectivity index (χ1n) is 8.04. The highest BCUT2D eigenvalue weighted by Gasteiger charge is 2.11. The van der Waals surface area contributed by atoms with Gasteiger partial charge in [-0.2, -0.15) is 0 Å². The van der Waals surface area contributed by atoms with Gasteiger partial charge in [0.25, 0.3) is 0 Å². The van der Waals surface area contributed by atoms with Crippen molar-refractivity contribution in [1.82, 2.24) is 9.55 Å². The number of fused-ring (bicyclic) bond motifs is 1. The van der Waals surface area contributed by atoms with Crippen LogP contribution < -0.4 is 5.73 Å². The van der Waals surface area contributed by atoms with Gasteiger partial charge in [-0.05, 0) is 42.6 Å². The van der Waals surface area contributed by atoms with Gasteiger partial charge in [0.2, 0.25) is 0 Å². The number of aryl methyl sites for hydroxylation is 2. The summed E-state index contributed by atoms with van der Waals surface area (Å²) in [7, 11) is 0. The summed E-state index contributed by atoms with van der Waals surface area (Å²) in [6, 6.07) is 17.2. The van der Waals surface area contributed by atoms with E-state index in [1.54, 1.807) is 0 Å². The summed E-state index contributed by atoms with van der Waals surface area (Å²) >= 11 is 0. The Hall–Kier alpha value is -2.13. The van der Waals surface area contributed by atoms with Crippen LogP contribution in [-0.4, -0.2) is 16.1 Å². The molecule has 0 saturated carbocycles. The van der Waals surface area contributed by atoms with Crippen LogP contribution in [-0.2, 0) is 19.4 Å². The molecule has 0 atom stereocenters. The maximum absolute atomic E-state index is 5.68. The lowest BCUT2D eigenvalue weighted by Crippen LogP contribution is -2.08. The molecular formula is C19H23N3. The fourth-order valence-corrected chi connectivity index (χ4v) is 2.84. The van der Waals surface area contributed by atoms with E-state index < -0.39 is 0 Å². The first kappa shape index (κ1) is 14.8. The number of nitrogens with two attached hydrogens (primary N) is 1. The molecule has 1 heterocycles. The zero-order valence-corrected chi connectivity index (χ0v) is 13.1. The summed E-state index contributed by atoms with van der Waals surface area (Å²) in [5.74, 6) is 1.14. The number of hydrogen-bond acceptors (Lipinski definition) is 2. The van der Waals surface area contributed by atoms with Crippen molar-refractivity contribution in [2.45, 2.75) is 32.7 Å². The molecule has 2 N–H and O–H groups in total. The van der Waals surface area contributed by atoms with Gasteiger partial charge in [0.15, 0.2) is 0 Å². The third-order valence-corrected chi connectivity index (χ3v) is 4.09. The lowest BCUT2D eigenvalue weighted by Gasteiger charge is -2.09. The molecule has 0 amide bonds. The van der Waals surface area contributed by atoms with E-state index in [1.807, 2.05) is 0 Å². The van der Waals surface area contributed by atoms with Gasteiger partial charge in [0.1, 0.15) is 5.82 Å². The number of hydrogen-bond donors (Lipinski definition) is 1. The van der Waals surface area contributed by atoms with E-state index >= 15 is 0 Å². The summed E-state index contributed by atoms with van der Waals surface area (Å²) in [5.41, 5.74) is 10.6. The van der Waals surface area contributed by atoms with Crippen molar-refractivity contribution < 1.29 is 0 Å². The third-order valence-electron chi connectivity index (χ3n) is 4.09. The second kappa shape index (κ2) is 6.75. The Morgan fingerprint density at radius 2 is 1.86 bits per heavy atom. The predicted molar refractivity (Wildman–Crippen MR) is 92.0 cm³/mol. The first-order valence-corrected chi connectivity index (χ1v) is 8.04. The van der Waals surface area contributed by atoms with E-state index in [0.717, 1.165) is 37.1 Å². The molecule has 0 aliphatic rings. The molecule has 1 aromatic heterocycles. The monoisotopic (exact) mass is 293 g/mol. The van der Waals surface area contributed by atoms with Crippen molar-refractivity contribution >= 4 is 11.0 Å². The molecule has 0 radical (unpaired) electrons. The molecule has 0 unspecified atom stereocenters. The fraction of sp³-hybridized carbons (Fsp3) is 0.316. The predicted octanol–water partition coefficient (Wildman–Crippen LogP) is 3.54. The summed E-state index contributed by atoms with van der Waals surface area (Å²) in [5, 5.41) is 0. The Bertz CT molecular complexity index is 744. The van der Waals surface area contributed by atoms with Crippen LogP contribution in [0.3, 0.4) is 0 Å². The molecule has 3 heteroatoms. The summed E-state index contributed by atoms with van der Waals surface area (Å²) in [6.45, 7) is 3.74. The molecule has 22 heavy (non-hydrogen) atoms. The molecule has 114 valence electrons. The van der Waals surface area contributed by atoms with Gasteiger partial charge in [0, 0.05) is 13.0 Å². The largest absolute Gasteiger partial charge is 0.330 e. The third kappa shape index (κ3) is 3.04. The molecule has 3 nitrogen and oxygen atoms in total. The fourth-order valence-electron chi connectivity index (χ4n) is 2.84. The second-order valence-corrected chi connectivity index (χ2v) is 5.67. The molecule has 3 rings (SSSR count). The quantitative estimate of drug-likeness (QED) is 0.755. The molecule has 3 aromatic rings. The standard InChI is InChI=1S/C19H23N3/c1-2-15-10-11-18-17(13-15)21-19(9-6-12-20)22(18)14-16-7-4-3-5-8-16/h3-5,7-8,10-11,13H,2,6,9,12,14,20H2,1H3. The Morgan fingerprint density at radius 3 is 2.59 bits per heavy atom. The van der Waals surface area contributed by atoms with Crippen molar-refractivity contribution in [3.8, 4) is 0 Å². The Kier molecular flexibility index (Phi) is 4.54. The highest BCUT2D eigenvalue weighted by atomic mass is 15.1. The minimum Gasteiger partial charge on any atom is -0.330 e. The Balaban J connectivity index is 2.03. The van der Waals surface area contributed by atoms with Gasteiger partial charge < -0.3 is 10.3 Å². The molecule has 0 fully saturated rings. The van der Waals surface area contributed by atoms with Crippen molar-refractivity contribution in [2.75, 3.05) is 6.54 Å². The normalized spacial score (nSPS) is 11.2. The summed E-state index contributed by atoms with van der Waals surface area (Å²) in [4.78, 5) is 4.86. The Labute approximate surface area is 131 Å². The van der Waals surface area contributed by atoms with Gasteiger partial charge >= 0.3 is 0 Å². The smallest absolute Gasteiger partial charge is 0.110 e. The number of aromatic nitrogens is 2. The highest BCUT2D eigenvalue weighted by Crippen LogP contribution is 2.21. The van der Waals surface area contributed by atoms with E-state index in [4.69, 9.17) is 10.7 Å². The van der Waals surface area contributed by atoms with Gasteiger partial charge in [-0.1, -0.05) is 43.3 Å². The molecule has 0 saturated heterocycles. The number of imidazole rings is 1. The van der Waals surface area contributed by atoms with Crippen molar-refractivity contribution in [2.24, 2.45) is 5.73 Å². The minimum absolute atomic E-state index is 0.703. The van der Waals surface area contributed by atoms with Crippen LogP contribution in [0.5, 0.6) is 0 Å². The minimum atomic E-state index is 0.703. The number of rotatable bonds is 6. The lowest BCUT2D eigenvalue weighted by atomic mass is 10.1. The maximum atomic E-state index is 5.68. The molecule has 0 aliphatic carbocycles. The van der Waals surface area contributed by atoms with Crippen LogP contribution in [0.25, 0.3) is 11.0 Å². The van der Waals surface area contributed by atoms with E-state index in [-0.39, 0.29) is 0 Å². The van der Waals surface area contributed by atoms with Crippen molar-refractivity contribution in [3.63, 3.8) is 0 Å². The average Bonchev–Trinajstić information content (AvgIpc) is 2.90. The molecule has 0 spiro atoms. The summed E-state index contributed by atoms with van der Waals surface area (Å²) in [6.07, 6.45) is 2.94. The highest BCUT2D eigenvalue weighted by molar-refractivity contribution is 5.77. The van der Waals surface area contributed by atoms with Crippen molar-refractivity contribution in [1.29, 1.82) is 0 Å². The van der Waals surface area contributed by atoms with E-state index in [0.29, 0.717) is 6.54 Å². The van der Waals surface area contributed by atoms with E-state index in [9.17, 15) is 0 Å². The van der Waals surface area contributed by atoms with Crippen LogP contribution in [0.15, 0.2) is 48.5 Å². The van der Waals surface area contributed by atoms with Gasteiger partial charge in [-0.15, -0.1) is 0 Å². The molecular weight excluding hydrogens is 270 g/mol. The zero-order valence-electron chi connectivity index (χ0n) is 13.1. The van der Waals surface area contributed by atoms with Crippen LogP contribution in [0.1, 0.15) is 30.3 Å². The SMILES string of the molecule is CCc1ccc2c(c1)nc(CCCN)n2Cc1ccccc1. The molecule has 0 bridgehead atoms. The van der Waals surface area contributed by atoms with Gasteiger partial charge in [-0.25, -0.2) is 4.98 Å². The zero-order chi connectivity index (χ0) is 15.4. The van der Waals surface area contributed by atoms with Crippen LogP contribution >= 0.6 is 0 Å². The topological polar surface area (TPSA) is 43.8 Å². The Morgan fingerprint density at radius 1 is 1.05 bits per heavy atom. The maximum Gasteiger partial charge on any atom is 0.110 e. The van der Waals surface area contributed by atoms with Gasteiger partial charge in [-0.3, -0.25) is 0 Å². The molecule has 2 aromatic carbocycles. The number of benzene rings is 2. The van der Waals surface area contributed by atoms with Crippen LogP contribution in [0, 0.1) is 0 Å². The molecule has 0 aliphatic heterocycles. The average molecular weight is 293 g/mol. The first-order chi connectivity index (χ1) is 10.8. The van der Waals surface area contributed by atoms with E-state index in [1.165, 1.54) is 16.6 Å². The van der Waals surface area contributed by atoms with Gasteiger partial charge in [0.05, 0.1) is 11.0 Å². The van der Waals surface area contributed by atoms with E-state index in [2.05, 4.69) is 60.0 Å².